The minimum atomic E-state index is -0.506. The van der Waals surface area contributed by atoms with Crippen LogP contribution in [0.2, 0.25) is 0 Å². The van der Waals surface area contributed by atoms with Gasteiger partial charge in [0.25, 0.3) is 5.91 Å². The zero-order valence-electron chi connectivity index (χ0n) is 12.7. The summed E-state index contributed by atoms with van der Waals surface area (Å²) in [4.78, 5) is 16.6. The highest BCUT2D eigenvalue weighted by Gasteiger charge is 2.45. The Balaban J connectivity index is 2.80. The van der Waals surface area contributed by atoms with Crippen LogP contribution in [0.3, 0.4) is 0 Å². The van der Waals surface area contributed by atoms with Crippen LogP contribution >= 0.6 is 0 Å². The molecule has 2 N–H and O–H groups in total. The molecule has 0 aliphatic carbocycles. The molecule has 1 aliphatic heterocycles. The number of carbonyl (C=O) groups is 1. The van der Waals surface area contributed by atoms with E-state index in [2.05, 4.69) is 43.3 Å². The highest BCUT2D eigenvalue weighted by molar-refractivity contribution is 6.09. The average molecular weight is 269 g/mol. The van der Waals surface area contributed by atoms with E-state index in [1.54, 1.807) is 7.11 Å². The van der Waals surface area contributed by atoms with E-state index in [9.17, 15) is 4.79 Å². The van der Waals surface area contributed by atoms with Gasteiger partial charge in [-0.3, -0.25) is 15.1 Å². The van der Waals surface area contributed by atoms with Crippen LogP contribution in [-0.2, 0) is 9.53 Å². The first-order valence-corrected chi connectivity index (χ1v) is 7.02. The standard InChI is InChI=1S/C14H27N3O2/c1-10(2)8-14(9-11(3)4)12(18)16-13(17-14)15-6-7-19-5/h10-11H,6-9H2,1-5H3,(H2,15,16,17,18). The third kappa shape index (κ3) is 4.49. The third-order valence-electron chi connectivity index (χ3n) is 3.10. The molecule has 0 bridgehead atoms. The maximum Gasteiger partial charge on any atom is 0.252 e. The Labute approximate surface area is 116 Å². The molecule has 19 heavy (non-hydrogen) atoms. The third-order valence-corrected chi connectivity index (χ3v) is 3.10. The highest BCUT2D eigenvalue weighted by Crippen LogP contribution is 2.27. The molecule has 0 aromatic heterocycles. The number of methoxy groups -OCH3 is 1. The van der Waals surface area contributed by atoms with E-state index >= 15 is 0 Å². The Bertz CT molecular complexity index is 328. The molecule has 0 saturated carbocycles. The average Bonchev–Trinajstić information content (AvgIpc) is 2.53. The van der Waals surface area contributed by atoms with Crippen molar-refractivity contribution in [1.82, 2.24) is 10.6 Å². The second-order valence-electron chi connectivity index (χ2n) is 6.08. The Morgan fingerprint density at radius 1 is 1.21 bits per heavy atom. The van der Waals surface area contributed by atoms with Crippen LogP contribution in [0, 0.1) is 11.8 Å². The van der Waals surface area contributed by atoms with Gasteiger partial charge in [0, 0.05) is 7.11 Å². The van der Waals surface area contributed by atoms with Crippen molar-refractivity contribution < 1.29 is 9.53 Å². The quantitative estimate of drug-likeness (QED) is 0.689. The van der Waals surface area contributed by atoms with Crippen LogP contribution in [0.1, 0.15) is 40.5 Å². The Morgan fingerprint density at radius 3 is 2.26 bits per heavy atom. The molecule has 1 saturated heterocycles. The zero-order valence-corrected chi connectivity index (χ0v) is 12.7. The molecule has 1 rings (SSSR count). The smallest absolute Gasteiger partial charge is 0.252 e. The zero-order chi connectivity index (χ0) is 14.5. The van der Waals surface area contributed by atoms with Gasteiger partial charge in [-0.1, -0.05) is 27.7 Å². The van der Waals surface area contributed by atoms with Crippen molar-refractivity contribution in [3.05, 3.63) is 0 Å². The van der Waals surface area contributed by atoms with Crippen LogP contribution in [0.4, 0.5) is 0 Å². The fraction of sp³-hybridized carbons (Fsp3) is 0.857. The van der Waals surface area contributed by atoms with Crippen LogP contribution in [0.5, 0.6) is 0 Å². The van der Waals surface area contributed by atoms with Gasteiger partial charge in [0.05, 0.1) is 13.2 Å². The molecular weight excluding hydrogens is 242 g/mol. The van der Waals surface area contributed by atoms with Crippen molar-refractivity contribution in [2.24, 2.45) is 16.8 Å². The molecule has 0 atom stereocenters. The summed E-state index contributed by atoms with van der Waals surface area (Å²) in [6, 6.07) is 0. The summed E-state index contributed by atoms with van der Waals surface area (Å²) in [7, 11) is 1.64. The van der Waals surface area contributed by atoms with E-state index in [-0.39, 0.29) is 5.91 Å². The highest BCUT2D eigenvalue weighted by atomic mass is 16.5. The van der Waals surface area contributed by atoms with E-state index in [0.717, 1.165) is 12.8 Å². The molecule has 0 spiro atoms. The maximum absolute atomic E-state index is 12.3. The SMILES string of the molecule is COCCN=C1NC(=O)C(CC(C)C)(CC(C)C)N1. The molecule has 0 aromatic carbocycles. The van der Waals surface area contributed by atoms with Gasteiger partial charge >= 0.3 is 0 Å². The van der Waals surface area contributed by atoms with Crippen LogP contribution in [-0.4, -0.2) is 37.7 Å². The summed E-state index contributed by atoms with van der Waals surface area (Å²) in [6.07, 6.45) is 1.64. The minimum absolute atomic E-state index is 0.0473. The first-order chi connectivity index (χ1) is 8.89. The van der Waals surface area contributed by atoms with E-state index in [1.807, 2.05) is 0 Å². The monoisotopic (exact) mass is 269 g/mol. The normalized spacial score (nSPS) is 20.2. The molecule has 1 aliphatic rings. The fourth-order valence-electron chi connectivity index (χ4n) is 2.63. The molecule has 1 heterocycles. The molecule has 0 unspecified atom stereocenters. The van der Waals surface area contributed by atoms with E-state index < -0.39 is 5.54 Å². The van der Waals surface area contributed by atoms with Crippen molar-refractivity contribution >= 4 is 11.9 Å². The number of rotatable bonds is 7. The predicted octanol–water partition coefficient (Wildman–Crippen LogP) is 1.54. The van der Waals surface area contributed by atoms with Crippen molar-refractivity contribution in [3.8, 4) is 0 Å². The number of hydrogen-bond donors (Lipinski definition) is 2. The summed E-state index contributed by atoms with van der Waals surface area (Å²) >= 11 is 0. The number of nitrogens with zero attached hydrogens (tertiary/aromatic N) is 1. The summed E-state index contributed by atoms with van der Waals surface area (Å²) in [5, 5.41) is 6.17. The fourth-order valence-corrected chi connectivity index (χ4v) is 2.63. The summed E-state index contributed by atoms with van der Waals surface area (Å²) < 4.78 is 4.96. The van der Waals surface area contributed by atoms with Crippen LogP contribution in [0.25, 0.3) is 0 Å². The second-order valence-corrected chi connectivity index (χ2v) is 6.08. The van der Waals surface area contributed by atoms with Gasteiger partial charge in [-0.05, 0) is 24.7 Å². The maximum atomic E-state index is 12.3. The molecule has 5 nitrogen and oxygen atoms in total. The van der Waals surface area contributed by atoms with E-state index in [4.69, 9.17) is 4.74 Å². The number of amides is 1. The number of guanidine groups is 1. The second kappa shape index (κ2) is 6.89. The van der Waals surface area contributed by atoms with Gasteiger partial charge in [0.2, 0.25) is 0 Å². The number of ether oxygens (including phenoxy) is 1. The van der Waals surface area contributed by atoms with Gasteiger partial charge in [-0.15, -0.1) is 0 Å². The summed E-state index contributed by atoms with van der Waals surface area (Å²) in [5.74, 6) is 1.54. The van der Waals surface area contributed by atoms with E-state index in [1.165, 1.54) is 0 Å². The van der Waals surface area contributed by atoms with Gasteiger partial charge < -0.3 is 10.1 Å². The Kier molecular flexibility index (Phi) is 5.79. The first kappa shape index (κ1) is 16.0. The lowest BCUT2D eigenvalue weighted by Crippen LogP contribution is -2.49. The lowest BCUT2D eigenvalue weighted by atomic mass is 9.82. The molecule has 5 heteroatoms. The van der Waals surface area contributed by atoms with E-state index in [0.29, 0.717) is 30.9 Å². The van der Waals surface area contributed by atoms with Crippen molar-refractivity contribution in [3.63, 3.8) is 0 Å². The number of hydrogen-bond acceptors (Lipinski definition) is 3. The Hall–Kier alpha value is -1.10. The topological polar surface area (TPSA) is 62.7 Å². The largest absolute Gasteiger partial charge is 0.383 e. The van der Waals surface area contributed by atoms with Gasteiger partial charge in [0.15, 0.2) is 5.96 Å². The number of aliphatic imine (C=N–C) groups is 1. The number of carbonyl (C=O) groups excluding carboxylic acids is 1. The predicted molar refractivity (Wildman–Crippen MR) is 77.1 cm³/mol. The molecule has 0 aromatic rings. The lowest BCUT2D eigenvalue weighted by Gasteiger charge is -2.30. The summed E-state index contributed by atoms with van der Waals surface area (Å²) in [6.45, 7) is 9.66. The molecular formula is C14H27N3O2. The lowest BCUT2D eigenvalue weighted by molar-refractivity contribution is -0.125. The molecule has 1 fully saturated rings. The Morgan fingerprint density at radius 2 is 1.79 bits per heavy atom. The molecule has 0 radical (unpaired) electrons. The number of nitrogens with one attached hydrogen (secondary N) is 2. The van der Waals surface area contributed by atoms with Crippen LogP contribution < -0.4 is 10.6 Å². The van der Waals surface area contributed by atoms with Crippen molar-refractivity contribution in [2.45, 2.75) is 46.1 Å². The van der Waals surface area contributed by atoms with Gasteiger partial charge in [-0.2, -0.15) is 0 Å². The van der Waals surface area contributed by atoms with Gasteiger partial charge in [-0.25, -0.2) is 0 Å². The van der Waals surface area contributed by atoms with Crippen LogP contribution in [0.15, 0.2) is 4.99 Å². The van der Waals surface area contributed by atoms with Crippen molar-refractivity contribution in [1.29, 1.82) is 0 Å². The minimum Gasteiger partial charge on any atom is -0.383 e. The van der Waals surface area contributed by atoms with Gasteiger partial charge in [0.1, 0.15) is 5.54 Å². The molecule has 110 valence electrons. The summed E-state index contributed by atoms with van der Waals surface area (Å²) in [5.41, 5.74) is -0.506. The van der Waals surface area contributed by atoms with Crippen molar-refractivity contribution in [2.75, 3.05) is 20.3 Å². The first-order valence-electron chi connectivity index (χ1n) is 7.02. The molecule has 1 amide bonds.